The highest BCUT2D eigenvalue weighted by atomic mass is 16.5. The van der Waals surface area contributed by atoms with Crippen LogP contribution in [-0.4, -0.2) is 15.0 Å². The van der Waals surface area contributed by atoms with Gasteiger partial charge < -0.3 is 4.74 Å². The van der Waals surface area contributed by atoms with Gasteiger partial charge in [0, 0.05) is 39.7 Å². The average molecular weight is 718 g/mol. The Morgan fingerprint density at radius 2 is 0.839 bits per heavy atom. The molecule has 264 valence electrons. The normalized spacial score (nSPS) is 18.4. The van der Waals surface area contributed by atoms with Crippen molar-refractivity contribution in [1.82, 2.24) is 15.0 Å². The molecule has 0 saturated heterocycles. The highest BCUT2D eigenvalue weighted by Crippen LogP contribution is 2.64. The fourth-order valence-corrected chi connectivity index (χ4v) is 9.15. The first-order valence-corrected chi connectivity index (χ1v) is 19.2. The molecule has 3 unspecified atom stereocenters. The van der Waals surface area contributed by atoms with E-state index in [9.17, 15) is 0 Å². The molecule has 8 aromatic rings. The molecule has 7 aromatic carbocycles. The third-order valence-corrected chi connectivity index (χ3v) is 11.7. The van der Waals surface area contributed by atoms with Gasteiger partial charge in [0.05, 0.1) is 5.41 Å². The summed E-state index contributed by atoms with van der Waals surface area (Å²) in [5.74, 6) is 4.25. The average Bonchev–Trinajstić information content (AvgIpc) is 3.57. The largest absolute Gasteiger partial charge is 0.457 e. The maximum atomic E-state index is 6.69. The zero-order valence-electron chi connectivity index (χ0n) is 30.5. The van der Waals surface area contributed by atoms with E-state index in [1.54, 1.807) is 0 Å². The van der Waals surface area contributed by atoms with E-state index >= 15 is 0 Å². The molecule has 2 heterocycles. The van der Waals surface area contributed by atoms with E-state index in [0.29, 0.717) is 17.5 Å². The van der Waals surface area contributed by atoms with Gasteiger partial charge in [-0.15, -0.1) is 0 Å². The second-order valence-corrected chi connectivity index (χ2v) is 14.7. The van der Waals surface area contributed by atoms with Crippen LogP contribution in [-0.2, 0) is 5.41 Å². The summed E-state index contributed by atoms with van der Waals surface area (Å²) in [5, 5.41) is 0. The minimum absolute atomic E-state index is 0.220. The van der Waals surface area contributed by atoms with Crippen LogP contribution in [0.4, 0.5) is 0 Å². The predicted octanol–water partition coefficient (Wildman–Crippen LogP) is 12.5. The van der Waals surface area contributed by atoms with Crippen LogP contribution < -0.4 is 4.74 Å². The lowest BCUT2D eigenvalue weighted by atomic mass is 9.61. The maximum absolute atomic E-state index is 6.69. The van der Waals surface area contributed by atoms with Crippen molar-refractivity contribution in [3.8, 4) is 67.9 Å². The number of allylic oxidation sites excluding steroid dienone is 4. The molecule has 0 saturated carbocycles. The summed E-state index contributed by atoms with van der Waals surface area (Å²) >= 11 is 0. The van der Waals surface area contributed by atoms with Crippen molar-refractivity contribution in [3.05, 3.63) is 222 Å². The Labute approximate surface area is 326 Å². The zero-order chi connectivity index (χ0) is 37.1. The van der Waals surface area contributed by atoms with E-state index in [0.717, 1.165) is 44.9 Å². The van der Waals surface area contributed by atoms with Crippen molar-refractivity contribution in [2.75, 3.05) is 0 Å². The van der Waals surface area contributed by atoms with E-state index < -0.39 is 5.41 Å². The monoisotopic (exact) mass is 717 g/mol. The highest BCUT2D eigenvalue weighted by Gasteiger charge is 2.56. The van der Waals surface area contributed by atoms with E-state index in [2.05, 4.69) is 164 Å². The Bertz CT molecular complexity index is 2830. The first kappa shape index (κ1) is 32.3. The Morgan fingerprint density at radius 3 is 1.52 bits per heavy atom. The standard InChI is InChI=1S/C52H35N3O/c1-3-13-34(14-4-1)35-23-27-38(28-24-35)50-53-49(37-15-5-2-6-16-37)54-51(55-50)39-29-25-36(26-30-39)40-31-32-48-46(33-40)52(45-21-11-12-22-47(45)56-48)43-19-9-7-17-41(43)42-18-8-10-20-44(42)52/h1-33,41,43H. The van der Waals surface area contributed by atoms with Gasteiger partial charge in [-0.1, -0.05) is 182 Å². The molecule has 1 aliphatic heterocycles. The van der Waals surface area contributed by atoms with Crippen molar-refractivity contribution in [2.45, 2.75) is 11.3 Å². The van der Waals surface area contributed by atoms with Crippen molar-refractivity contribution in [3.63, 3.8) is 0 Å². The number of hydrogen-bond acceptors (Lipinski definition) is 4. The van der Waals surface area contributed by atoms with Crippen molar-refractivity contribution >= 4 is 0 Å². The first-order chi connectivity index (χ1) is 27.7. The van der Waals surface area contributed by atoms with E-state index in [-0.39, 0.29) is 11.8 Å². The molecule has 0 radical (unpaired) electrons. The quantitative estimate of drug-likeness (QED) is 0.178. The van der Waals surface area contributed by atoms with E-state index in [1.165, 1.54) is 27.8 Å². The van der Waals surface area contributed by atoms with Gasteiger partial charge in [-0.3, -0.25) is 0 Å². The SMILES string of the molecule is C1=CC2c3ccccc3C3(c4ccccc4Oc4ccc(-c5ccc(-c6nc(-c7ccccc7)nc(-c7ccc(-c8ccccc8)cc7)n6)cc5)cc43)C2C=C1. The summed E-state index contributed by atoms with van der Waals surface area (Å²) in [6.07, 6.45) is 9.18. The van der Waals surface area contributed by atoms with Crippen LogP contribution in [0, 0.1) is 5.92 Å². The minimum atomic E-state index is -0.392. The minimum Gasteiger partial charge on any atom is -0.457 e. The van der Waals surface area contributed by atoms with Gasteiger partial charge in [-0.2, -0.15) is 0 Å². The fraction of sp³-hybridized carbons (Fsp3) is 0.0577. The van der Waals surface area contributed by atoms with Gasteiger partial charge >= 0.3 is 0 Å². The molecule has 4 nitrogen and oxygen atoms in total. The van der Waals surface area contributed by atoms with E-state index in [1.807, 2.05) is 36.4 Å². The van der Waals surface area contributed by atoms with Crippen LogP contribution in [0.2, 0.25) is 0 Å². The summed E-state index contributed by atoms with van der Waals surface area (Å²) in [6, 6.07) is 61.8. The number of benzene rings is 7. The number of fused-ring (bicyclic) bond motifs is 9. The van der Waals surface area contributed by atoms with Gasteiger partial charge in [0.1, 0.15) is 11.5 Å². The fourth-order valence-electron chi connectivity index (χ4n) is 9.15. The molecule has 11 rings (SSSR count). The van der Waals surface area contributed by atoms with Crippen LogP contribution in [0.15, 0.2) is 200 Å². The molecule has 0 amide bonds. The smallest absolute Gasteiger partial charge is 0.164 e. The summed E-state index contributed by atoms with van der Waals surface area (Å²) in [6.45, 7) is 0. The molecule has 0 fully saturated rings. The summed E-state index contributed by atoms with van der Waals surface area (Å²) in [4.78, 5) is 15.0. The Hall–Kier alpha value is -7.17. The molecule has 0 N–H and O–H groups in total. The molecule has 0 bridgehead atoms. The maximum Gasteiger partial charge on any atom is 0.164 e. The summed E-state index contributed by atoms with van der Waals surface area (Å²) in [7, 11) is 0. The number of hydrogen-bond donors (Lipinski definition) is 0. The summed E-state index contributed by atoms with van der Waals surface area (Å²) < 4.78 is 6.69. The lowest BCUT2D eigenvalue weighted by molar-refractivity contribution is 0.374. The van der Waals surface area contributed by atoms with Crippen LogP contribution >= 0.6 is 0 Å². The number of aromatic nitrogens is 3. The van der Waals surface area contributed by atoms with Crippen molar-refractivity contribution in [2.24, 2.45) is 5.92 Å². The van der Waals surface area contributed by atoms with Crippen LogP contribution in [0.5, 0.6) is 11.5 Å². The second kappa shape index (κ2) is 13.0. The van der Waals surface area contributed by atoms with Crippen molar-refractivity contribution < 1.29 is 4.74 Å². The van der Waals surface area contributed by atoms with Gasteiger partial charge in [0.25, 0.3) is 0 Å². The molecule has 1 aromatic heterocycles. The number of rotatable bonds is 5. The van der Waals surface area contributed by atoms with Gasteiger partial charge in [-0.25, -0.2) is 15.0 Å². The van der Waals surface area contributed by atoms with Gasteiger partial charge in [0.2, 0.25) is 0 Å². The summed E-state index contributed by atoms with van der Waals surface area (Å²) in [5.41, 5.74) is 12.1. The van der Waals surface area contributed by atoms with Crippen LogP contribution in [0.3, 0.4) is 0 Å². The third-order valence-electron chi connectivity index (χ3n) is 11.7. The number of para-hydroxylation sites is 1. The number of ether oxygens (including phenoxy) is 1. The molecule has 4 heteroatoms. The third kappa shape index (κ3) is 5.10. The van der Waals surface area contributed by atoms with E-state index in [4.69, 9.17) is 19.7 Å². The molecule has 3 aliphatic rings. The first-order valence-electron chi connectivity index (χ1n) is 19.2. The predicted molar refractivity (Wildman–Crippen MR) is 224 cm³/mol. The topological polar surface area (TPSA) is 47.9 Å². The molecular weight excluding hydrogens is 683 g/mol. The molecular formula is C52H35N3O. The van der Waals surface area contributed by atoms with Crippen molar-refractivity contribution in [1.29, 1.82) is 0 Å². The molecule has 3 atom stereocenters. The van der Waals surface area contributed by atoms with Crippen LogP contribution in [0.25, 0.3) is 56.4 Å². The Kier molecular flexibility index (Phi) is 7.49. The lowest BCUT2D eigenvalue weighted by Gasteiger charge is -2.43. The Balaban J connectivity index is 0.998. The van der Waals surface area contributed by atoms with Gasteiger partial charge in [0.15, 0.2) is 17.5 Å². The number of nitrogens with zero attached hydrogens (tertiary/aromatic N) is 3. The molecule has 1 spiro atoms. The van der Waals surface area contributed by atoms with Gasteiger partial charge in [-0.05, 0) is 51.6 Å². The Morgan fingerprint density at radius 1 is 0.375 bits per heavy atom. The molecule has 56 heavy (non-hydrogen) atoms. The molecule has 2 aliphatic carbocycles. The highest BCUT2D eigenvalue weighted by molar-refractivity contribution is 5.76. The van der Waals surface area contributed by atoms with Crippen LogP contribution in [0.1, 0.15) is 28.2 Å². The lowest BCUT2D eigenvalue weighted by Crippen LogP contribution is -2.37. The second-order valence-electron chi connectivity index (χ2n) is 14.7. The zero-order valence-corrected chi connectivity index (χ0v) is 30.5.